The molecule has 6 heteroatoms. The van der Waals surface area contributed by atoms with E-state index in [9.17, 15) is 4.79 Å². The minimum atomic E-state index is -0.450. The van der Waals surface area contributed by atoms with E-state index in [-0.39, 0.29) is 0 Å². The first-order valence-electron chi connectivity index (χ1n) is 5.53. The summed E-state index contributed by atoms with van der Waals surface area (Å²) in [5, 5.41) is 0. The fourth-order valence-corrected chi connectivity index (χ4v) is 2.14. The zero-order valence-electron chi connectivity index (χ0n) is 10.5. The summed E-state index contributed by atoms with van der Waals surface area (Å²) in [5.41, 5.74) is 7.42. The molecule has 0 atom stereocenters. The largest absolute Gasteiger partial charge is 0.437 e. The van der Waals surface area contributed by atoms with E-state index in [1.807, 2.05) is 13.8 Å². The molecular formula is C13H12IN3O2. The number of benzene rings is 1. The Bertz CT molecular complexity index is 621. The molecule has 1 aromatic heterocycles. The summed E-state index contributed by atoms with van der Waals surface area (Å²) in [6.45, 7) is 3.73. The predicted molar refractivity (Wildman–Crippen MR) is 79.3 cm³/mol. The summed E-state index contributed by atoms with van der Waals surface area (Å²) >= 11 is 2.10. The van der Waals surface area contributed by atoms with Crippen molar-refractivity contribution in [2.75, 3.05) is 0 Å². The predicted octanol–water partition coefficient (Wildman–Crippen LogP) is 2.59. The van der Waals surface area contributed by atoms with Crippen LogP contribution in [0, 0.1) is 17.4 Å². The first-order chi connectivity index (χ1) is 8.99. The maximum atomic E-state index is 11.2. The number of halogens is 1. The molecule has 0 unspecified atom stereocenters. The van der Waals surface area contributed by atoms with Crippen LogP contribution in [-0.4, -0.2) is 15.9 Å². The Morgan fingerprint density at radius 3 is 2.47 bits per heavy atom. The molecule has 2 N–H and O–H groups in total. The van der Waals surface area contributed by atoms with Gasteiger partial charge in [-0.05, 0) is 59.7 Å². The van der Waals surface area contributed by atoms with Crippen molar-refractivity contribution in [2.45, 2.75) is 13.8 Å². The minimum absolute atomic E-state index is 0.450. The number of carbonyl (C=O) groups is 1. The van der Waals surface area contributed by atoms with E-state index in [0.717, 1.165) is 14.7 Å². The number of rotatable bonds is 3. The molecule has 1 aromatic carbocycles. The summed E-state index contributed by atoms with van der Waals surface area (Å²) < 4.78 is 6.61. The molecule has 0 bridgehead atoms. The third-order valence-corrected chi connectivity index (χ3v) is 3.32. The van der Waals surface area contributed by atoms with Crippen LogP contribution in [0.5, 0.6) is 11.6 Å². The number of hydrogen-bond donors (Lipinski definition) is 1. The van der Waals surface area contributed by atoms with Crippen LogP contribution in [0.15, 0.2) is 24.7 Å². The van der Waals surface area contributed by atoms with E-state index in [4.69, 9.17) is 10.5 Å². The molecule has 0 fully saturated rings. The van der Waals surface area contributed by atoms with Crippen molar-refractivity contribution in [2.24, 2.45) is 5.73 Å². The quantitative estimate of drug-likeness (QED) is 0.844. The van der Waals surface area contributed by atoms with Crippen LogP contribution in [0.4, 0.5) is 0 Å². The van der Waals surface area contributed by atoms with E-state index in [0.29, 0.717) is 17.2 Å². The van der Waals surface area contributed by atoms with Gasteiger partial charge in [0.1, 0.15) is 12.1 Å². The zero-order chi connectivity index (χ0) is 14.0. The minimum Gasteiger partial charge on any atom is -0.437 e. The van der Waals surface area contributed by atoms with Gasteiger partial charge in [-0.15, -0.1) is 0 Å². The maximum absolute atomic E-state index is 11.2. The Morgan fingerprint density at radius 1 is 1.32 bits per heavy atom. The van der Waals surface area contributed by atoms with Crippen LogP contribution in [0.2, 0.25) is 0 Å². The molecule has 0 saturated heterocycles. The van der Waals surface area contributed by atoms with Crippen LogP contribution in [-0.2, 0) is 0 Å². The summed E-state index contributed by atoms with van der Waals surface area (Å²) in [4.78, 5) is 19.2. The highest BCUT2D eigenvalue weighted by atomic mass is 127. The number of aryl methyl sites for hydroxylation is 2. The van der Waals surface area contributed by atoms with Crippen LogP contribution < -0.4 is 10.5 Å². The number of amides is 1. The topological polar surface area (TPSA) is 78.1 Å². The van der Waals surface area contributed by atoms with E-state index < -0.39 is 5.91 Å². The van der Waals surface area contributed by atoms with E-state index >= 15 is 0 Å². The lowest BCUT2D eigenvalue weighted by molar-refractivity contribution is 0.1000. The molecule has 98 valence electrons. The molecule has 1 heterocycles. The second-order valence-corrected chi connectivity index (χ2v) is 5.24. The van der Waals surface area contributed by atoms with Gasteiger partial charge in [-0.2, -0.15) is 0 Å². The SMILES string of the molecule is Cc1cc(C(N)=O)cc(C)c1Oc1ncncc1I. The van der Waals surface area contributed by atoms with Gasteiger partial charge >= 0.3 is 0 Å². The maximum Gasteiger partial charge on any atom is 0.248 e. The number of primary amides is 1. The van der Waals surface area contributed by atoms with E-state index in [2.05, 4.69) is 32.6 Å². The highest BCUT2D eigenvalue weighted by Crippen LogP contribution is 2.30. The third-order valence-electron chi connectivity index (χ3n) is 2.58. The van der Waals surface area contributed by atoms with Crippen molar-refractivity contribution < 1.29 is 9.53 Å². The number of hydrogen-bond acceptors (Lipinski definition) is 4. The summed E-state index contributed by atoms with van der Waals surface area (Å²) in [5.74, 6) is 0.726. The average Bonchev–Trinajstić information content (AvgIpc) is 2.35. The van der Waals surface area contributed by atoms with Gasteiger partial charge in [-0.3, -0.25) is 4.79 Å². The van der Waals surface area contributed by atoms with Gasteiger partial charge in [0.25, 0.3) is 0 Å². The molecule has 2 rings (SSSR count). The van der Waals surface area contributed by atoms with Crippen LogP contribution in [0.1, 0.15) is 21.5 Å². The number of ether oxygens (including phenoxy) is 1. The molecule has 0 aliphatic rings. The molecular weight excluding hydrogens is 357 g/mol. The molecule has 0 aliphatic heterocycles. The lowest BCUT2D eigenvalue weighted by atomic mass is 10.1. The van der Waals surface area contributed by atoms with Gasteiger partial charge < -0.3 is 10.5 Å². The van der Waals surface area contributed by atoms with Crippen molar-refractivity contribution in [3.8, 4) is 11.6 Å². The Balaban J connectivity index is 2.42. The summed E-state index contributed by atoms with van der Waals surface area (Å²) in [6, 6.07) is 3.41. The molecule has 2 aromatic rings. The normalized spacial score (nSPS) is 10.3. The zero-order valence-corrected chi connectivity index (χ0v) is 12.6. The standard InChI is InChI=1S/C13H12IN3O2/c1-7-3-9(12(15)18)4-8(2)11(7)19-13-10(14)5-16-6-17-13/h3-6H,1-2H3,(H2,15,18). The Labute approximate surface area is 124 Å². The van der Waals surface area contributed by atoms with Crippen molar-refractivity contribution in [1.29, 1.82) is 0 Å². The Kier molecular flexibility index (Phi) is 3.98. The first-order valence-corrected chi connectivity index (χ1v) is 6.61. The van der Waals surface area contributed by atoms with Gasteiger partial charge in [0.05, 0.1) is 3.57 Å². The molecule has 5 nitrogen and oxygen atoms in total. The van der Waals surface area contributed by atoms with E-state index in [1.54, 1.807) is 18.3 Å². The Hall–Kier alpha value is -1.70. The number of nitrogens with two attached hydrogens (primary N) is 1. The smallest absolute Gasteiger partial charge is 0.248 e. The average molecular weight is 369 g/mol. The van der Waals surface area contributed by atoms with Gasteiger partial charge in [-0.25, -0.2) is 9.97 Å². The number of nitrogens with zero attached hydrogens (tertiary/aromatic N) is 2. The lowest BCUT2D eigenvalue weighted by Crippen LogP contribution is -2.11. The lowest BCUT2D eigenvalue weighted by Gasteiger charge is -2.12. The van der Waals surface area contributed by atoms with Gasteiger partial charge in [0.15, 0.2) is 0 Å². The molecule has 1 amide bonds. The van der Waals surface area contributed by atoms with Crippen molar-refractivity contribution in [1.82, 2.24) is 9.97 Å². The van der Waals surface area contributed by atoms with Crippen LogP contribution >= 0.6 is 22.6 Å². The monoisotopic (exact) mass is 369 g/mol. The highest BCUT2D eigenvalue weighted by molar-refractivity contribution is 14.1. The molecule has 0 saturated carbocycles. The van der Waals surface area contributed by atoms with Crippen LogP contribution in [0.25, 0.3) is 0 Å². The van der Waals surface area contributed by atoms with E-state index in [1.165, 1.54) is 6.33 Å². The summed E-state index contributed by atoms with van der Waals surface area (Å²) in [7, 11) is 0. The molecule has 0 spiro atoms. The van der Waals surface area contributed by atoms with Crippen molar-refractivity contribution in [3.05, 3.63) is 44.9 Å². The van der Waals surface area contributed by atoms with Crippen molar-refractivity contribution in [3.63, 3.8) is 0 Å². The molecule has 0 aliphatic carbocycles. The molecule has 0 radical (unpaired) electrons. The van der Waals surface area contributed by atoms with Gasteiger partial charge in [-0.1, -0.05) is 0 Å². The number of carbonyl (C=O) groups excluding carboxylic acids is 1. The molecule has 19 heavy (non-hydrogen) atoms. The van der Waals surface area contributed by atoms with Gasteiger partial charge in [0, 0.05) is 11.8 Å². The van der Waals surface area contributed by atoms with Crippen LogP contribution in [0.3, 0.4) is 0 Å². The second kappa shape index (κ2) is 5.52. The third kappa shape index (κ3) is 3.01. The highest BCUT2D eigenvalue weighted by Gasteiger charge is 2.12. The van der Waals surface area contributed by atoms with Gasteiger partial charge in [0.2, 0.25) is 11.8 Å². The fraction of sp³-hybridized carbons (Fsp3) is 0.154. The fourth-order valence-electron chi connectivity index (χ4n) is 1.73. The number of aromatic nitrogens is 2. The summed E-state index contributed by atoms with van der Waals surface area (Å²) in [6.07, 6.45) is 3.10. The first kappa shape index (κ1) is 13.7. The second-order valence-electron chi connectivity index (χ2n) is 4.08. The van der Waals surface area contributed by atoms with Crippen molar-refractivity contribution >= 4 is 28.5 Å². The Morgan fingerprint density at radius 2 is 1.95 bits per heavy atom.